The molecule has 8 heteroatoms. The molecule has 5 nitrogen and oxygen atoms in total. The van der Waals surface area contributed by atoms with E-state index < -0.39 is 37.7 Å². The van der Waals surface area contributed by atoms with E-state index in [4.69, 9.17) is 5.11 Å². The summed E-state index contributed by atoms with van der Waals surface area (Å²) in [6.45, 7) is -2.73. The van der Waals surface area contributed by atoms with E-state index in [-0.39, 0.29) is 6.04 Å². The van der Waals surface area contributed by atoms with E-state index in [9.17, 15) is 22.8 Å². The van der Waals surface area contributed by atoms with Gasteiger partial charge in [-0.3, -0.25) is 14.5 Å². The molecule has 104 valence electrons. The summed E-state index contributed by atoms with van der Waals surface area (Å²) in [6.07, 6.45) is -2.82. The molecule has 0 aliphatic heterocycles. The smallest absolute Gasteiger partial charge is 0.401 e. The van der Waals surface area contributed by atoms with Crippen molar-refractivity contribution in [3.05, 3.63) is 0 Å². The van der Waals surface area contributed by atoms with Gasteiger partial charge in [0.05, 0.1) is 19.6 Å². The zero-order chi connectivity index (χ0) is 13.9. The lowest BCUT2D eigenvalue weighted by atomic mass is 10.4. The maximum Gasteiger partial charge on any atom is 0.401 e. The van der Waals surface area contributed by atoms with Crippen LogP contribution in [0.25, 0.3) is 0 Å². The van der Waals surface area contributed by atoms with Crippen molar-refractivity contribution in [1.29, 1.82) is 0 Å². The molecule has 1 rings (SSSR count). The highest BCUT2D eigenvalue weighted by Crippen LogP contribution is 2.25. The molecule has 0 aromatic carbocycles. The fourth-order valence-corrected chi connectivity index (χ4v) is 1.58. The average Bonchev–Trinajstić information content (AvgIpc) is 2.95. The van der Waals surface area contributed by atoms with Crippen molar-refractivity contribution in [2.75, 3.05) is 26.7 Å². The van der Waals surface area contributed by atoms with E-state index in [1.165, 1.54) is 11.9 Å². The second-order valence-electron chi connectivity index (χ2n) is 4.39. The zero-order valence-electron chi connectivity index (χ0n) is 9.90. The Labute approximate surface area is 102 Å². The second kappa shape index (κ2) is 5.55. The number of alkyl halides is 3. The highest BCUT2D eigenvalue weighted by atomic mass is 19.4. The number of rotatable bonds is 6. The topological polar surface area (TPSA) is 60.9 Å². The molecule has 0 radical (unpaired) electrons. The average molecular weight is 268 g/mol. The monoisotopic (exact) mass is 268 g/mol. The molecule has 1 saturated carbocycles. The predicted molar refractivity (Wildman–Crippen MR) is 55.9 cm³/mol. The third-order valence-corrected chi connectivity index (χ3v) is 2.61. The van der Waals surface area contributed by atoms with Crippen molar-refractivity contribution in [2.24, 2.45) is 0 Å². The van der Waals surface area contributed by atoms with E-state index >= 15 is 0 Å². The molecule has 0 saturated heterocycles. The highest BCUT2D eigenvalue weighted by molar-refractivity contribution is 5.79. The quantitative estimate of drug-likeness (QED) is 0.764. The summed E-state index contributed by atoms with van der Waals surface area (Å²) >= 11 is 0. The molecule has 0 unspecified atom stereocenters. The minimum Gasteiger partial charge on any atom is -0.480 e. The van der Waals surface area contributed by atoms with Gasteiger partial charge < -0.3 is 10.0 Å². The van der Waals surface area contributed by atoms with Crippen LogP contribution < -0.4 is 0 Å². The number of carbonyl (C=O) groups is 2. The molecule has 1 aliphatic rings. The number of carboxylic acid groups (broad SMARTS) is 1. The van der Waals surface area contributed by atoms with Gasteiger partial charge in [0, 0.05) is 13.1 Å². The second-order valence-corrected chi connectivity index (χ2v) is 4.39. The molecule has 1 fully saturated rings. The standard InChI is InChI=1S/C10H15F3N2O3/c1-14(7-2-3-7)8(16)4-15(5-9(17)18)6-10(11,12)13/h7H,2-6H2,1H3,(H,17,18). The number of hydrogen-bond donors (Lipinski definition) is 1. The van der Waals surface area contributed by atoms with Crippen molar-refractivity contribution in [1.82, 2.24) is 9.80 Å². The molecular weight excluding hydrogens is 253 g/mol. The van der Waals surface area contributed by atoms with Gasteiger partial charge in [-0.15, -0.1) is 0 Å². The van der Waals surface area contributed by atoms with Crippen LogP contribution in [0.4, 0.5) is 13.2 Å². The normalized spacial score (nSPS) is 15.8. The van der Waals surface area contributed by atoms with Crippen LogP contribution in [0.1, 0.15) is 12.8 Å². The van der Waals surface area contributed by atoms with E-state index in [1.807, 2.05) is 0 Å². The van der Waals surface area contributed by atoms with Crippen LogP contribution in [-0.2, 0) is 9.59 Å². The van der Waals surface area contributed by atoms with Gasteiger partial charge in [0.25, 0.3) is 0 Å². The number of carboxylic acids is 1. The maximum absolute atomic E-state index is 12.2. The van der Waals surface area contributed by atoms with Gasteiger partial charge in [-0.25, -0.2) is 0 Å². The Hall–Kier alpha value is -1.31. The number of aliphatic carboxylic acids is 1. The summed E-state index contributed by atoms with van der Waals surface area (Å²) < 4.78 is 36.7. The molecule has 0 aromatic rings. The summed E-state index contributed by atoms with van der Waals surface area (Å²) in [4.78, 5) is 24.1. The molecule has 18 heavy (non-hydrogen) atoms. The number of hydrogen-bond acceptors (Lipinski definition) is 3. The summed E-state index contributed by atoms with van der Waals surface area (Å²) in [5.74, 6) is -1.87. The molecule has 1 aliphatic carbocycles. The Morgan fingerprint density at radius 3 is 2.22 bits per heavy atom. The van der Waals surface area contributed by atoms with Gasteiger partial charge in [-0.05, 0) is 12.8 Å². The number of amides is 1. The van der Waals surface area contributed by atoms with Gasteiger partial charge in [-0.1, -0.05) is 0 Å². The molecule has 0 heterocycles. The summed E-state index contributed by atoms with van der Waals surface area (Å²) in [5.41, 5.74) is 0. The highest BCUT2D eigenvalue weighted by Gasteiger charge is 2.35. The van der Waals surface area contributed by atoms with Crippen LogP contribution in [0, 0.1) is 0 Å². The number of carbonyl (C=O) groups excluding carboxylic acids is 1. The number of halogens is 3. The third-order valence-electron chi connectivity index (χ3n) is 2.61. The van der Waals surface area contributed by atoms with Gasteiger partial charge in [-0.2, -0.15) is 13.2 Å². The molecule has 1 amide bonds. The lowest BCUT2D eigenvalue weighted by Crippen LogP contribution is -2.45. The molecule has 0 atom stereocenters. The molecular formula is C10H15F3N2O3. The Kier molecular flexibility index (Phi) is 4.55. The van der Waals surface area contributed by atoms with E-state index in [0.29, 0.717) is 4.90 Å². The predicted octanol–water partition coefficient (Wildman–Crippen LogP) is 0.556. The van der Waals surface area contributed by atoms with Crippen LogP contribution in [-0.4, -0.2) is 65.7 Å². The van der Waals surface area contributed by atoms with Crippen molar-refractivity contribution in [3.8, 4) is 0 Å². The van der Waals surface area contributed by atoms with Gasteiger partial charge in [0.2, 0.25) is 5.91 Å². The SMILES string of the molecule is CN(C(=O)CN(CC(=O)O)CC(F)(F)F)C1CC1. The summed E-state index contributed by atoms with van der Waals surface area (Å²) in [5, 5.41) is 8.52. The fraction of sp³-hybridized carbons (Fsp3) is 0.800. The van der Waals surface area contributed by atoms with E-state index in [1.54, 1.807) is 0 Å². The van der Waals surface area contributed by atoms with Crippen LogP contribution in [0.5, 0.6) is 0 Å². The first kappa shape index (κ1) is 14.7. The van der Waals surface area contributed by atoms with Crippen LogP contribution in [0.15, 0.2) is 0 Å². The first-order chi connectivity index (χ1) is 8.19. The van der Waals surface area contributed by atoms with E-state index in [2.05, 4.69) is 0 Å². The molecule has 0 spiro atoms. The minimum atomic E-state index is -4.52. The molecule has 1 N–H and O–H groups in total. The minimum absolute atomic E-state index is 0.0927. The van der Waals surface area contributed by atoms with Gasteiger partial charge in [0.15, 0.2) is 0 Å². The first-order valence-electron chi connectivity index (χ1n) is 5.45. The Morgan fingerprint density at radius 1 is 1.28 bits per heavy atom. The van der Waals surface area contributed by atoms with Crippen LogP contribution >= 0.6 is 0 Å². The number of nitrogens with zero attached hydrogens (tertiary/aromatic N) is 2. The molecule has 0 bridgehead atoms. The van der Waals surface area contributed by atoms with Crippen LogP contribution in [0.2, 0.25) is 0 Å². The third kappa shape index (κ3) is 5.35. The van der Waals surface area contributed by atoms with Gasteiger partial charge >= 0.3 is 12.1 Å². The lowest BCUT2D eigenvalue weighted by Gasteiger charge is -2.24. The van der Waals surface area contributed by atoms with Crippen LogP contribution in [0.3, 0.4) is 0 Å². The summed E-state index contributed by atoms with van der Waals surface area (Å²) in [6, 6.07) is 0.0927. The Morgan fingerprint density at radius 2 is 1.83 bits per heavy atom. The zero-order valence-corrected chi connectivity index (χ0v) is 9.90. The van der Waals surface area contributed by atoms with Gasteiger partial charge in [0.1, 0.15) is 0 Å². The van der Waals surface area contributed by atoms with Crippen molar-refractivity contribution < 1.29 is 27.9 Å². The van der Waals surface area contributed by atoms with E-state index in [0.717, 1.165) is 12.8 Å². The Balaban J connectivity index is 2.53. The molecule has 0 aromatic heterocycles. The Bertz CT molecular complexity index is 329. The largest absolute Gasteiger partial charge is 0.480 e. The summed E-state index contributed by atoms with van der Waals surface area (Å²) in [7, 11) is 1.52. The van der Waals surface area contributed by atoms with Crippen molar-refractivity contribution in [3.63, 3.8) is 0 Å². The van der Waals surface area contributed by atoms with Crippen molar-refractivity contribution in [2.45, 2.75) is 25.1 Å². The number of likely N-dealkylation sites (N-methyl/N-ethyl adjacent to an activating group) is 1. The maximum atomic E-state index is 12.2. The van der Waals surface area contributed by atoms with Crippen molar-refractivity contribution >= 4 is 11.9 Å². The fourth-order valence-electron chi connectivity index (χ4n) is 1.58. The lowest BCUT2D eigenvalue weighted by molar-refractivity contribution is -0.156. The first-order valence-corrected chi connectivity index (χ1v) is 5.45.